The highest BCUT2D eigenvalue weighted by atomic mass is 35.5. The zero-order valence-electron chi connectivity index (χ0n) is 22.7. The smallest absolute Gasteiger partial charge is 0.271 e. The lowest BCUT2D eigenvalue weighted by atomic mass is 10.1. The van der Waals surface area contributed by atoms with Crippen molar-refractivity contribution in [3.63, 3.8) is 0 Å². The lowest BCUT2D eigenvalue weighted by Crippen LogP contribution is -2.52. The second-order valence-corrected chi connectivity index (χ2v) is 12.0. The molecule has 0 fully saturated rings. The van der Waals surface area contributed by atoms with Crippen LogP contribution in [0.25, 0.3) is 0 Å². The molecule has 0 aliphatic carbocycles. The monoisotopic (exact) mass is 620 g/mol. The van der Waals surface area contributed by atoms with Crippen molar-refractivity contribution in [1.82, 2.24) is 10.2 Å². The highest BCUT2D eigenvalue weighted by Gasteiger charge is 2.33. The second-order valence-electron chi connectivity index (χ2n) is 9.32. The van der Waals surface area contributed by atoms with Gasteiger partial charge in [-0.3, -0.25) is 24.0 Å². The summed E-state index contributed by atoms with van der Waals surface area (Å²) in [4.78, 5) is 39.0. The van der Waals surface area contributed by atoms with Crippen molar-refractivity contribution in [2.24, 2.45) is 0 Å². The van der Waals surface area contributed by atoms with Crippen LogP contribution in [-0.4, -0.2) is 48.7 Å². The summed E-state index contributed by atoms with van der Waals surface area (Å²) in [5.74, 6) is -1.21. The molecule has 13 heteroatoms. The van der Waals surface area contributed by atoms with E-state index < -0.39 is 39.3 Å². The number of rotatable bonds is 12. The molecule has 0 unspecified atom stereocenters. The van der Waals surface area contributed by atoms with Crippen molar-refractivity contribution < 1.29 is 22.9 Å². The molecule has 3 aromatic rings. The van der Waals surface area contributed by atoms with Crippen LogP contribution in [-0.2, 0) is 26.2 Å². The molecular formula is C28H30Cl2N4O6S. The second kappa shape index (κ2) is 13.8. The van der Waals surface area contributed by atoms with Crippen molar-refractivity contribution in [3.8, 4) is 0 Å². The van der Waals surface area contributed by atoms with Crippen LogP contribution in [0.5, 0.6) is 0 Å². The molecule has 218 valence electrons. The first-order valence-corrected chi connectivity index (χ1v) is 14.9. The number of carbonyl (C=O) groups is 2. The van der Waals surface area contributed by atoms with Gasteiger partial charge in [-0.05, 0) is 50.6 Å². The van der Waals surface area contributed by atoms with Gasteiger partial charge in [0.1, 0.15) is 12.6 Å². The molecule has 3 aromatic carbocycles. The Balaban J connectivity index is 2.10. The molecule has 10 nitrogen and oxygen atoms in total. The van der Waals surface area contributed by atoms with Gasteiger partial charge >= 0.3 is 0 Å². The average molecular weight is 622 g/mol. The number of nitro benzene ring substituents is 1. The molecule has 2 amide bonds. The quantitative estimate of drug-likeness (QED) is 0.212. The topological polar surface area (TPSA) is 130 Å². The average Bonchev–Trinajstić information content (AvgIpc) is 2.95. The van der Waals surface area contributed by atoms with Gasteiger partial charge in [0.2, 0.25) is 11.8 Å². The third-order valence-electron chi connectivity index (χ3n) is 6.50. The highest BCUT2D eigenvalue weighted by Crippen LogP contribution is 2.29. The number of halogens is 2. The largest absolute Gasteiger partial charge is 0.352 e. The van der Waals surface area contributed by atoms with Crippen molar-refractivity contribution in [3.05, 3.63) is 98.5 Å². The van der Waals surface area contributed by atoms with E-state index in [4.69, 9.17) is 23.2 Å². The minimum absolute atomic E-state index is 0.0937. The predicted octanol–water partition coefficient (Wildman–Crippen LogP) is 5.43. The van der Waals surface area contributed by atoms with Crippen molar-refractivity contribution in [1.29, 1.82) is 0 Å². The van der Waals surface area contributed by atoms with E-state index in [0.717, 1.165) is 10.4 Å². The van der Waals surface area contributed by atoms with Crippen LogP contribution in [0.15, 0.2) is 77.7 Å². The summed E-state index contributed by atoms with van der Waals surface area (Å²) in [5, 5.41) is 14.8. The van der Waals surface area contributed by atoms with E-state index in [9.17, 15) is 28.1 Å². The Hall–Kier alpha value is -3.67. The Kier molecular flexibility index (Phi) is 10.7. The Morgan fingerprint density at radius 2 is 1.59 bits per heavy atom. The Morgan fingerprint density at radius 1 is 0.976 bits per heavy atom. The van der Waals surface area contributed by atoms with Crippen LogP contribution in [0.1, 0.15) is 32.8 Å². The Labute approximate surface area is 249 Å². The molecule has 0 radical (unpaired) electrons. The lowest BCUT2D eigenvalue weighted by molar-refractivity contribution is -0.384. The maximum absolute atomic E-state index is 14.0. The van der Waals surface area contributed by atoms with Crippen molar-refractivity contribution >= 4 is 56.4 Å². The summed E-state index contributed by atoms with van der Waals surface area (Å²) >= 11 is 12.8. The SMILES string of the molecule is CC[C@H](C)NC(=O)[C@H](C)N(Cc1c(Cl)cccc1Cl)C(=O)CN(c1cccc([N+](=O)[O-])c1)S(=O)(=O)c1ccccc1. The van der Waals surface area contributed by atoms with Gasteiger partial charge in [-0.1, -0.05) is 60.5 Å². The number of hydrogen-bond acceptors (Lipinski definition) is 6. The molecule has 0 saturated heterocycles. The van der Waals surface area contributed by atoms with Crippen LogP contribution >= 0.6 is 23.2 Å². The molecular weight excluding hydrogens is 591 g/mol. The van der Waals surface area contributed by atoms with Crippen LogP contribution in [0, 0.1) is 10.1 Å². The number of nitro groups is 1. The van der Waals surface area contributed by atoms with E-state index in [1.54, 1.807) is 24.3 Å². The van der Waals surface area contributed by atoms with E-state index in [2.05, 4.69) is 5.32 Å². The summed E-state index contributed by atoms with van der Waals surface area (Å²) in [6.07, 6.45) is 0.651. The molecule has 3 rings (SSSR count). The molecule has 1 N–H and O–H groups in total. The standard InChI is InChI=1S/C28H30Cl2N4O6S/c1-4-19(2)31-28(36)20(3)32(17-24-25(29)14-9-15-26(24)30)27(35)18-33(21-10-8-11-22(16-21)34(37)38)41(39,40)23-12-6-5-7-13-23/h5-16,19-20H,4,17-18H2,1-3H3,(H,31,36)/t19-,20-/m0/s1. The van der Waals surface area contributed by atoms with Gasteiger partial charge < -0.3 is 10.2 Å². The molecule has 0 spiro atoms. The molecule has 0 heterocycles. The number of sulfonamides is 1. The fraction of sp³-hybridized carbons (Fsp3) is 0.286. The zero-order chi connectivity index (χ0) is 30.3. The van der Waals surface area contributed by atoms with E-state index in [0.29, 0.717) is 12.0 Å². The third kappa shape index (κ3) is 7.75. The Bertz CT molecular complexity index is 1500. The van der Waals surface area contributed by atoms with Crippen LogP contribution in [0.4, 0.5) is 11.4 Å². The summed E-state index contributed by atoms with van der Waals surface area (Å²) < 4.78 is 28.4. The van der Waals surface area contributed by atoms with Gasteiger partial charge in [-0.2, -0.15) is 0 Å². The first-order chi connectivity index (χ1) is 19.4. The lowest BCUT2D eigenvalue weighted by Gasteiger charge is -2.32. The highest BCUT2D eigenvalue weighted by molar-refractivity contribution is 7.92. The minimum Gasteiger partial charge on any atom is -0.352 e. The van der Waals surface area contributed by atoms with Gasteiger partial charge in [0.15, 0.2) is 0 Å². The van der Waals surface area contributed by atoms with E-state index >= 15 is 0 Å². The summed E-state index contributed by atoms with van der Waals surface area (Å²) in [7, 11) is -4.37. The van der Waals surface area contributed by atoms with Crippen LogP contribution in [0.2, 0.25) is 10.0 Å². The van der Waals surface area contributed by atoms with Gasteiger partial charge in [0.25, 0.3) is 15.7 Å². The van der Waals surface area contributed by atoms with E-state index in [-0.39, 0.29) is 38.9 Å². The van der Waals surface area contributed by atoms with Gasteiger partial charge in [0, 0.05) is 40.3 Å². The van der Waals surface area contributed by atoms with Gasteiger partial charge in [-0.15, -0.1) is 0 Å². The number of nitrogens with one attached hydrogen (secondary N) is 1. The van der Waals surface area contributed by atoms with Gasteiger partial charge in [-0.25, -0.2) is 8.42 Å². The summed E-state index contributed by atoms with van der Waals surface area (Å²) in [6.45, 7) is 4.28. The number of non-ortho nitro benzene ring substituents is 1. The number of nitrogens with zero attached hydrogens (tertiary/aromatic N) is 3. The van der Waals surface area contributed by atoms with Gasteiger partial charge in [0.05, 0.1) is 15.5 Å². The number of amides is 2. The number of hydrogen-bond donors (Lipinski definition) is 1. The molecule has 2 atom stereocenters. The molecule has 0 saturated carbocycles. The van der Waals surface area contributed by atoms with Crippen molar-refractivity contribution in [2.75, 3.05) is 10.8 Å². The Morgan fingerprint density at radius 3 is 2.17 bits per heavy atom. The van der Waals surface area contributed by atoms with Crippen LogP contribution in [0.3, 0.4) is 0 Å². The molecule has 41 heavy (non-hydrogen) atoms. The summed E-state index contributed by atoms with van der Waals surface area (Å²) in [6, 6.07) is 15.9. The predicted molar refractivity (Wildman–Crippen MR) is 158 cm³/mol. The molecule has 0 bridgehead atoms. The molecule has 0 aromatic heterocycles. The number of carbonyl (C=O) groups excluding carboxylic acids is 2. The molecule has 0 aliphatic heterocycles. The molecule has 0 aliphatic rings. The van der Waals surface area contributed by atoms with E-state index in [1.165, 1.54) is 54.3 Å². The van der Waals surface area contributed by atoms with Crippen LogP contribution < -0.4 is 9.62 Å². The normalized spacial score (nSPS) is 12.7. The number of anilines is 1. The van der Waals surface area contributed by atoms with E-state index in [1.807, 2.05) is 13.8 Å². The summed E-state index contributed by atoms with van der Waals surface area (Å²) in [5.41, 5.74) is -0.0757. The zero-order valence-corrected chi connectivity index (χ0v) is 25.0. The number of benzene rings is 3. The maximum atomic E-state index is 14.0. The fourth-order valence-electron chi connectivity index (χ4n) is 3.91. The fourth-order valence-corrected chi connectivity index (χ4v) is 5.86. The first-order valence-electron chi connectivity index (χ1n) is 12.7. The maximum Gasteiger partial charge on any atom is 0.271 e. The first kappa shape index (κ1) is 31.9. The minimum atomic E-state index is -4.37. The third-order valence-corrected chi connectivity index (χ3v) is 8.99. The van der Waals surface area contributed by atoms with Crippen molar-refractivity contribution in [2.45, 2.75) is 50.7 Å².